The van der Waals surface area contributed by atoms with Gasteiger partial charge in [0.2, 0.25) is 0 Å². The molecule has 88 valence electrons. The average molecular weight is 211 g/mol. The zero-order chi connectivity index (χ0) is 10.7. The lowest BCUT2D eigenvalue weighted by atomic mass is 9.93. The molecular weight excluding hydrogens is 186 g/mol. The van der Waals surface area contributed by atoms with E-state index in [-0.39, 0.29) is 6.10 Å². The van der Waals surface area contributed by atoms with Crippen LogP contribution in [0.5, 0.6) is 0 Å². The number of rotatable bonds is 3. The minimum Gasteiger partial charge on any atom is -0.393 e. The third-order valence-corrected chi connectivity index (χ3v) is 4.26. The normalized spacial score (nSPS) is 33.8. The summed E-state index contributed by atoms with van der Waals surface area (Å²) in [4.78, 5) is 2.68. The Morgan fingerprint density at radius 3 is 2.27 bits per heavy atom. The van der Waals surface area contributed by atoms with E-state index >= 15 is 0 Å². The molecule has 2 aliphatic rings. The maximum absolute atomic E-state index is 9.62. The number of hydrogen-bond acceptors (Lipinski definition) is 2. The van der Waals surface area contributed by atoms with E-state index in [0.29, 0.717) is 6.04 Å². The molecule has 0 aromatic heterocycles. The van der Waals surface area contributed by atoms with Crippen LogP contribution in [0.1, 0.15) is 58.3 Å². The molecule has 15 heavy (non-hydrogen) atoms. The number of hydrogen-bond donors (Lipinski definition) is 1. The molecule has 0 aliphatic heterocycles. The molecule has 0 aromatic carbocycles. The molecule has 2 nitrogen and oxygen atoms in total. The summed E-state index contributed by atoms with van der Waals surface area (Å²) in [5.41, 5.74) is 0. The second-order valence-electron chi connectivity index (χ2n) is 5.24. The predicted octanol–water partition coefficient (Wildman–Crippen LogP) is 2.55. The van der Waals surface area contributed by atoms with Crippen LogP contribution in [0.15, 0.2) is 0 Å². The molecule has 0 saturated heterocycles. The molecule has 1 N–H and O–H groups in total. The standard InChI is InChI=1S/C13H25NO/c1-2-14(11-6-4-3-5-7-11)12-8-9-13(15)10-12/h11-13,15H,2-10H2,1H3. The smallest absolute Gasteiger partial charge is 0.0555 e. The first-order valence-corrected chi connectivity index (χ1v) is 6.75. The molecule has 0 spiro atoms. The van der Waals surface area contributed by atoms with E-state index in [1.165, 1.54) is 45.1 Å². The highest BCUT2D eigenvalue weighted by atomic mass is 16.3. The Labute approximate surface area is 93.7 Å². The van der Waals surface area contributed by atoms with Crippen molar-refractivity contribution < 1.29 is 5.11 Å². The highest BCUT2D eigenvalue weighted by molar-refractivity contribution is 4.87. The SMILES string of the molecule is CCN(C1CCCCC1)C1CCC(O)C1. The van der Waals surface area contributed by atoms with Crippen molar-refractivity contribution in [2.45, 2.75) is 76.5 Å². The highest BCUT2D eigenvalue weighted by Gasteiger charge is 2.31. The van der Waals surface area contributed by atoms with Crippen LogP contribution >= 0.6 is 0 Å². The van der Waals surface area contributed by atoms with Crippen molar-refractivity contribution in [3.63, 3.8) is 0 Å². The monoisotopic (exact) mass is 211 g/mol. The van der Waals surface area contributed by atoms with Gasteiger partial charge in [-0.25, -0.2) is 0 Å². The van der Waals surface area contributed by atoms with Crippen molar-refractivity contribution in [2.24, 2.45) is 0 Å². The fourth-order valence-corrected chi connectivity index (χ4v) is 3.46. The Bertz CT molecular complexity index is 184. The molecular formula is C13H25NO. The average Bonchev–Trinajstić information content (AvgIpc) is 2.68. The van der Waals surface area contributed by atoms with E-state index in [0.717, 1.165) is 18.9 Å². The Morgan fingerprint density at radius 2 is 1.73 bits per heavy atom. The van der Waals surface area contributed by atoms with Gasteiger partial charge in [0.25, 0.3) is 0 Å². The van der Waals surface area contributed by atoms with Gasteiger partial charge in [-0.3, -0.25) is 4.90 Å². The van der Waals surface area contributed by atoms with Gasteiger partial charge in [0.05, 0.1) is 6.10 Å². The topological polar surface area (TPSA) is 23.5 Å². The third-order valence-electron chi connectivity index (χ3n) is 4.26. The highest BCUT2D eigenvalue weighted by Crippen LogP contribution is 2.30. The summed E-state index contributed by atoms with van der Waals surface area (Å²) in [5.74, 6) is 0. The Morgan fingerprint density at radius 1 is 1.00 bits per heavy atom. The minimum absolute atomic E-state index is 0.0207. The van der Waals surface area contributed by atoms with E-state index in [9.17, 15) is 5.11 Å². The predicted molar refractivity (Wildman–Crippen MR) is 62.9 cm³/mol. The second kappa shape index (κ2) is 5.31. The quantitative estimate of drug-likeness (QED) is 0.775. The van der Waals surface area contributed by atoms with Gasteiger partial charge >= 0.3 is 0 Å². The molecule has 2 heteroatoms. The van der Waals surface area contributed by atoms with Crippen LogP contribution in [0.25, 0.3) is 0 Å². The molecule has 2 atom stereocenters. The summed E-state index contributed by atoms with van der Waals surface area (Å²) in [5, 5.41) is 9.62. The Kier molecular flexibility index (Phi) is 4.04. The van der Waals surface area contributed by atoms with E-state index in [4.69, 9.17) is 0 Å². The lowest BCUT2D eigenvalue weighted by Crippen LogP contribution is -2.43. The van der Waals surface area contributed by atoms with E-state index in [1.807, 2.05) is 0 Å². The molecule has 0 bridgehead atoms. The van der Waals surface area contributed by atoms with Gasteiger partial charge in [-0.1, -0.05) is 26.2 Å². The second-order valence-corrected chi connectivity index (χ2v) is 5.24. The largest absolute Gasteiger partial charge is 0.393 e. The summed E-state index contributed by atoms with van der Waals surface area (Å²) in [6, 6.07) is 1.49. The fourth-order valence-electron chi connectivity index (χ4n) is 3.46. The molecule has 2 unspecified atom stereocenters. The van der Waals surface area contributed by atoms with Crippen LogP contribution in [0.4, 0.5) is 0 Å². The van der Waals surface area contributed by atoms with Crippen LogP contribution in [0.3, 0.4) is 0 Å². The summed E-state index contributed by atoms with van der Waals surface area (Å²) >= 11 is 0. The summed E-state index contributed by atoms with van der Waals surface area (Å²) < 4.78 is 0. The van der Waals surface area contributed by atoms with Gasteiger partial charge < -0.3 is 5.11 Å². The van der Waals surface area contributed by atoms with Crippen LogP contribution in [-0.2, 0) is 0 Å². The number of nitrogens with zero attached hydrogens (tertiary/aromatic N) is 1. The first kappa shape index (κ1) is 11.4. The molecule has 2 fully saturated rings. The van der Waals surface area contributed by atoms with Gasteiger partial charge in [-0.2, -0.15) is 0 Å². The molecule has 0 heterocycles. The van der Waals surface area contributed by atoms with Crippen molar-refractivity contribution >= 4 is 0 Å². The van der Waals surface area contributed by atoms with Crippen molar-refractivity contribution in [1.29, 1.82) is 0 Å². The van der Waals surface area contributed by atoms with Gasteiger partial charge in [0.15, 0.2) is 0 Å². The first-order chi connectivity index (χ1) is 7.31. The summed E-state index contributed by atoms with van der Waals surface area (Å²) in [6.45, 7) is 3.45. The summed E-state index contributed by atoms with van der Waals surface area (Å²) in [6.07, 6.45) is 10.3. The zero-order valence-corrected chi connectivity index (χ0v) is 9.99. The van der Waals surface area contributed by atoms with Gasteiger partial charge in [0.1, 0.15) is 0 Å². The van der Waals surface area contributed by atoms with Crippen LogP contribution in [0, 0.1) is 0 Å². The van der Waals surface area contributed by atoms with E-state index in [1.54, 1.807) is 0 Å². The van der Waals surface area contributed by atoms with Crippen molar-refractivity contribution in [2.75, 3.05) is 6.54 Å². The van der Waals surface area contributed by atoms with Crippen LogP contribution < -0.4 is 0 Å². The van der Waals surface area contributed by atoms with E-state index in [2.05, 4.69) is 11.8 Å². The molecule has 2 rings (SSSR count). The maximum atomic E-state index is 9.62. The number of aliphatic hydroxyl groups is 1. The zero-order valence-electron chi connectivity index (χ0n) is 9.99. The maximum Gasteiger partial charge on any atom is 0.0555 e. The van der Waals surface area contributed by atoms with Crippen LogP contribution in [0.2, 0.25) is 0 Å². The fraction of sp³-hybridized carbons (Fsp3) is 1.00. The van der Waals surface area contributed by atoms with Crippen molar-refractivity contribution in [3.05, 3.63) is 0 Å². The van der Waals surface area contributed by atoms with Gasteiger partial charge in [0, 0.05) is 12.1 Å². The Balaban J connectivity index is 1.90. The molecule has 0 aromatic rings. The lowest BCUT2D eigenvalue weighted by Gasteiger charge is -2.37. The summed E-state index contributed by atoms with van der Waals surface area (Å²) in [7, 11) is 0. The van der Waals surface area contributed by atoms with Crippen molar-refractivity contribution in [3.8, 4) is 0 Å². The van der Waals surface area contributed by atoms with Gasteiger partial charge in [-0.15, -0.1) is 0 Å². The molecule has 2 saturated carbocycles. The third kappa shape index (κ3) is 2.73. The van der Waals surface area contributed by atoms with Gasteiger partial charge in [-0.05, 0) is 38.6 Å². The molecule has 2 aliphatic carbocycles. The first-order valence-electron chi connectivity index (χ1n) is 6.75. The molecule has 0 radical (unpaired) electrons. The lowest BCUT2D eigenvalue weighted by molar-refractivity contribution is 0.0990. The molecule has 0 amide bonds. The van der Waals surface area contributed by atoms with E-state index < -0.39 is 0 Å². The Hall–Kier alpha value is -0.0800. The number of aliphatic hydroxyl groups excluding tert-OH is 1. The van der Waals surface area contributed by atoms with Crippen molar-refractivity contribution in [1.82, 2.24) is 4.90 Å². The van der Waals surface area contributed by atoms with Crippen LogP contribution in [-0.4, -0.2) is 34.7 Å². The minimum atomic E-state index is -0.0207.